The van der Waals surface area contributed by atoms with E-state index in [4.69, 9.17) is 9.47 Å². The lowest BCUT2D eigenvalue weighted by molar-refractivity contribution is -0.145. The topological polar surface area (TPSA) is 55.8 Å². The first kappa shape index (κ1) is 16.6. The summed E-state index contributed by atoms with van der Waals surface area (Å²) in [7, 11) is 1.61. The number of benzene rings is 1. The van der Waals surface area contributed by atoms with Crippen LogP contribution in [0.4, 0.5) is 0 Å². The molecule has 0 bridgehead atoms. The molecule has 126 valence electrons. The Morgan fingerprint density at radius 3 is 2.39 bits per heavy atom. The van der Waals surface area contributed by atoms with Crippen molar-refractivity contribution in [1.82, 2.24) is 0 Å². The standard InChI is InChI=1S/C18H23BrO4/c1-22-15-11-14(19)13(10-16(15)23-12-6-5-7-12)18(17(20)21)8-3-2-4-9-18/h10-12H,2-9H2,1H3,(H,20,21). The van der Waals surface area contributed by atoms with E-state index in [9.17, 15) is 9.90 Å². The highest BCUT2D eigenvalue weighted by atomic mass is 79.9. The van der Waals surface area contributed by atoms with Crippen LogP contribution in [0.15, 0.2) is 16.6 Å². The van der Waals surface area contributed by atoms with Gasteiger partial charge in [-0.25, -0.2) is 0 Å². The van der Waals surface area contributed by atoms with E-state index in [0.717, 1.165) is 42.1 Å². The molecule has 1 N–H and O–H groups in total. The number of carbonyl (C=O) groups is 1. The van der Waals surface area contributed by atoms with E-state index in [-0.39, 0.29) is 6.10 Å². The zero-order chi connectivity index (χ0) is 16.4. The largest absolute Gasteiger partial charge is 0.493 e. The van der Waals surface area contributed by atoms with Crippen molar-refractivity contribution in [2.24, 2.45) is 0 Å². The molecule has 4 nitrogen and oxygen atoms in total. The van der Waals surface area contributed by atoms with Gasteiger partial charge in [0, 0.05) is 4.47 Å². The van der Waals surface area contributed by atoms with Crippen molar-refractivity contribution in [1.29, 1.82) is 0 Å². The highest BCUT2D eigenvalue weighted by Gasteiger charge is 2.43. The van der Waals surface area contributed by atoms with E-state index in [2.05, 4.69) is 15.9 Å². The van der Waals surface area contributed by atoms with Gasteiger partial charge in [0.2, 0.25) is 0 Å². The number of carboxylic acids is 1. The number of rotatable bonds is 5. The number of halogens is 1. The van der Waals surface area contributed by atoms with Gasteiger partial charge in [-0.2, -0.15) is 0 Å². The minimum Gasteiger partial charge on any atom is -0.493 e. The molecule has 0 heterocycles. The van der Waals surface area contributed by atoms with Crippen LogP contribution in [0.3, 0.4) is 0 Å². The fourth-order valence-corrected chi connectivity index (χ4v) is 4.28. The van der Waals surface area contributed by atoms with Crippen LogP contribution >= 0.6 is 15.9 Å². The second kappa shape index (κ2) is 6.71. The fraction of sp³-hybridized carbons (Fsp3) is 0.611. The zero-order valence-electron chi connectivity index (χ0n) is 13.4. The number of hydrogen-bond donors (Lipinski definition) is 1. The van der Waals surface area contributed by atoms with E-state index in [1.165, 1.54) is 6.42 Å². The molecule has 2 aliphatic carbocycles. The summed E-state index contributed by atoms with van der Waals surface area (Å²) in [6.45, 7) is 0. The first-order valence-corrected chi connectivity index (χ1v) is 9.14. The third-order valence-corrected chi connectivity index (χ3v) is 5.89. The Morgan fingerprint density at radius 2 is 1.87 bits per heavy atom. The van der Waals surface area contributed by atoms with Crippen molar-refractivity contribution in [2.75, 3.05) is 7.11 Å². The normalized spacial score (nSPS) is 20.6. The molecule has 1 aromatic rings. The van der Waals surface area contributed by atoms with Crippen molar-refractivity contribution in [2.45, 2.75) is 62.9 Å². The summed E-state index contributed by atoms with van der Waals surface area (Å²) in [6, 6.07) is 3.74. The van der Waals surface area contributed by atoms with Crippen LogP contribution in [0.2, 0.25) is 0 Å². The summed E-state index contributed by atoms with van der Waals surface area (Å²) in [6.07, 6.45) is 7.88. The van der Waals surface area contributed by atoms with E-state index in [0.29, 0.717) is 24.3 Å². The van der Waals surface area contributed by atoms with E-state index in [1.54, 1.807) is 7.11 Å². The second-order valence-electron chi connectivity index (χ2n) is 6.60. The lowest BCUT2D eigenvalue weighted by Gasteiger charge is -2.35. The molecule has 0 radical (unpaired) electrons. The van der Waals surface area contributed by atoms with Crippen LogP contribution in [-0.2, 0) is 10.2 Å². The summed E-state index contributed by atoms with van der Waals surface area (Å²) in [4.78, 5) is 12.1. The number of aliphatic carboxylic acids is 1. The minimum absolute atomic E-state index is 0.227. The molecule has 0 saturated heterocycles. The minimum atomic E-state index is -0.818. The highest BCUT2D eigenvalue weighted by molar-refractivity contribution is 9.10. The molecule has 5 heteroatoms. The molecule has 2 saturated carbocycles. The SMILES string of the molecule is COc1cc(Br)c(C2(C(=O)O)CCCCC2)cc1OC1CCC1. The average molecular weight is 383 g/mol. The Labute approximate surface area is 145 Å². The summed E-state index contributed by atoms with van der Waals surface area (Å²) in [5.41, 5.74) is 0.000906. The quantitative estimate of drug-likeness (QED) is 0.803. The molecule has 0 aliphatic heterocycles. The first-order chi connectivity index (χ1) is 11.1. The lowest BCUT2D eigenvalue weighted by Crippen LogP contribution is -2.38. The van der Waals surface area contributed by atoms with Crippen molar-refractivity contribution in [3.05, 3.63) is 22.2 Å². The molecule has 0 spiro atoms. The van der Waals surface area contributed by atoms with Crippen LogP contribution < -0.4 is 9.47 Å². The van der Waals surface area contributed by atoms with Gasteiger partial charge in [0.1, 0.15) is 0 Å². The summed E-state index contributed by atoms with van der Waals surface area (Å²) in [5, 5.41) is 9.93. The van der Waals surface area contributed by atoms with E-state index < -0.39 is 11.4 Å². The predicted octanol–water partition coefficient (Wildman–Crippen LogP) is 4.68. The molecule has 0 aromatic heterocycles. The molecule has 0 amide bonds. The monoisotopic (exact) mass is 382 g/mol. The van der Waals surface area contributed by atoms with Crippen molar-refractivity contribution >= 4 is 21.9 Å². The smallest absolute Gasteiger partial charge is 0.314 e. The number of hydrogen-bond acceptors (Lipinski definition) is 3. The van der Waals surface area contributed by atoms with Crippen molar-refractivity contribution in [3.8, 4) is 11.5 Å². The molecule has 2 aliphatic rings. The third-order valence-electron chi connectivity index (χ3n) is 5.23. The van der Waals surface area contributed by atoms with Gasteiger partial charge in [0.15, 0.2) is 11.5 Å². The number of ether oxygens (including phenoxy) is 2. The Balaban J connectivity index is 2.02. The third kappa shape index (κ3) is 3.08. The maximum absolute atomic E-state index is 12.1. The fourth-order valence-electron chi connectivity index (χ4n) is 3.58. The summed E-state index contributed by atoms with van der Waals surface area (Å²) in [5.74, 6) is 0.586. The van der Waals surface area contributed by atoms with Crippen LogP contribution in [0.5, 0.6) is 11.5 Å². The Kier molecular flexibility index (Phi) is 4.85. The Morgan fingerprint density at radius 1 is 1.17 bits per heavy atom. The van der Waals surface area contributed by atoms with Gasteiger partial charge in [-0.1, -0.05) is 35.2 Å². The lowest BCUT2D eigenvalue weighted by atomic mass is 9.69. The highest BCUT2D eigenvalue weighted by Crippen LogP contribution is 2.46. The molecule has 3 rings (SSSR count). The number of methoxy groups -OCH3 is 1. The maximum atomic E-state index is 12.1. The number of carboxylic acid groups (broad SMARTS) is 1. The van der Waals surface area contributed by atoms with Crippen molar-refractivity contribution in [3.63, 3.8) is 0 Å². The molecule has 23 heavy (non-hydrogen) atoms. The summed E-state index contributed by atoms with van der Waals surface area (Å²) >= 11 is 3.56. The van der Waals surface area contributed by atoms with E-state index >= 15 is 0 Å². The maximum Gasteiger partial charge on any atom is 0.314 e. The predicted molar refractivity (Wildman–Crippen MR) is 91.4 cm³/mol. The van der Waals surface area contributed by atoms with Gasteiger partial charge in [0.05, 0.1) is 18.6 Å². The Bertz CT molecular complexity index is 589. The zero-order valence-corrected chi connectivity index (χ0v) is 15.0. The van der Waals surface area contributed by atoms with E-state index in [1.807, 2.05) is 12.1 Å². The van der Waals surface area contributed by atoms with Gasteiger partial charge in [-0.05, 0) is 49.8 Å². The molecular formula is C18H23BrO4. The average Bonchev–Trinajstić information content (AvgIpc) is 2.52. The molecule has 0 unspecified atom stereocenters. The van der Waals surface area contributed by atoms with Crippen LogP contribution in [0.25, 0.3) is 0 Å². The van der Waals surface area contributed by atoms with Crippen LogP contribution in [0.1, 0.15) is 56.9 Å². The molecule has 0 atom stereocenters. The van der Waals surface area contributed by atoms with Crippen molar-refractivity contribution < 1.29 is 19.4 Å². The molecule has 2 fully saturated rings. The van der Waals surface area contributed by atoms with Gasteiger partial charge < -0.3 is 14.6 Å². The summed E-state index contributed by atoms with van der Waals surface area (Å²) < 4.78 is 12.3. The van der Waals surface area contributed by atoms with Gasteiger partial charge in [-0.15, -0.1) is 0 Å². The molecular weight excluding hydrogens is 360 g/mol. The Hall–Kier alpha value is -1.23. The van der Waals surface area contributed by atoms with Crippen LogP contribution in [-0.4, -0.2) is 24.3 Å². The van der Waals surface area contributed by atoms with Crippen LogP contribution in [0, 0.1) is 0 Å². The second-order valence-corrected chi connectivity index (χ2v) is 7.46. The first-order valence-electron chi connectivity index (χ1n) is 8.35. The van der Waals surface area contributed by atoms with Gasteiger partial charge in [-0.3, -0.25) is 4.79 Å². The van der Waals surface area contributed by atoms with Gasteiger partial charge >= 0.3 is 5.97 Å². The molecule has 1 aromatic carbocycles. The van der Waals surface area contributed by atoms with Gasteiger partial charge in [0.25, 0.3) is 0 Å².